The van der Waals surface area contributed by atoms with Crippen LogP contribution in [0.4, 0.5) is 0 Å². The van der Waals surface area contributed by atoms with Crippen LogP contribution in [0.15, 0.2) is 17.5 Å². The average Bonchev–Trinajstić information content (AvgIpc) is 3.26. The summed E-state index contributed by atoms with van der Waals surface area (Å²) in [5.74, 6) is 0. The second kappa shape index (κ2) is 8.19. The Kier molecular flexibility index (Phi) is 5.99. The van der Waals surface area contributed by atoms with E-state index in [-0.39, 0.29) is 0 Å². The van der Waals surface area contributed by atoms with Crippen LogP contribution in [0.1, 0.15) is 22.7 Å². The number of aryl methyl sites for hydroxylation is 1. The summed E-state index contributed by atoms with van der Waals surface area (Å²) in [7, 11) is 0. The van der Waals surface area contributed by atoms with Gasteiger partial charge in [0.05, 0.1) is 21.7 Å². The number of aromatic nitrogens is 1. The molecule has 0 aliphatic carbocycles. The molecule has 2 aromatic rings. The molecular weight excluding hydrogens is 346 g/mol. The van der Waals surface area contributed by atoms with E-state index in [1.807, 2.05) is 6.92 Å². The van der Waals surface area contributed by atoms with Crippen LogP contribution in [-0.4, -0.2) is 35.9 Å². The maximum absolute atomic E-state index is 5.57. The van der Waals surface area contributed by atoms with Gasteiger partial charge in [0.2, 0.25) is 0 Å². The van der Waals surface area contributed by atoms with Gasteiger partial charge in [0.25, 0.3) is 0 Å². The summed E-state index contributed by atoms with van der Waals surface area (Å²) in [5, 5.41) is 10.4. The Labute approximate surface area is 150 Å². The number of thiophene rings is 1. The highest BCUT2D eigenvalue weighted by molar-refractivity contribution is 7.80. The molecule has 4 nitrogen and oxygen atoms in total. The number of ether oxygens (including phenoxy) is 1. The molecule has 1 fully saturated rings. The van der Waals surface area contributed by atoms with Gasteiger partial charge in [-0.25, -0.2) is 4.98 Å². The summed E-state index contributed by atoms with van der Waals surface area (Å²) < 4.78 is 5.57. The molecule has 1 aliphatic rings. The summed E-state index contributed by atoms with van der Waals surface area (Å²) in [4.78, 5) is 7.12. The Bertz CT molecular complexity index is 647. The van der Waals surface area contributed by atoms with Crippen molar-refractivity contribution in [3.63, 3.8) is 0 Å². The van der Waals surface area contributed by atoms with Gasteiger partial charge in [-0.1, -0.05) is 0 Å². The molecule has 0 unspecified atom stereocenters. The molecule has 3 rings (SSSR count). The first-order valence-corrected chi connectivity index (χ1v) is 9.95. The summed E-state index contributed by atoms with van der Waals surface area (Å²) in [6.07, 6.45) is 3.57. The van der Waals surface area contributed by atoms with E-state index in [0.29, 0.717) is 11.2 Å². The van der Waals surface area contributed by atoms with Gasteiger partial charge >= 0.3 is 0 Å². The summed E-state index contributed by atoms with van der Waals surface area (Å²) in [6, 6.07) is 4.34. The Balaban J connectivity index is 1.38. The first-order valence-electron chi connectivity index (χ1n) is 7.85. The Morgan fingerprint density at radius 1 is 1.43 bits per heavy atom. The standard InChI is InChI=1S/C16H21N3OS3/c1-11-19-14(10-22-11)15-5-4-13(23-15)6-7-17-16(21)18-9-12-3-2-8-20-12/h4-5,10,12H,2-3,6-9H2,1H3,(H2,17,18,21)/t12-/m1/s1. The van der Waals surface area contributed by atoms with Crippen molar-refractivity contribution in [2.24, 2.45) is 0 Å². The minimum absolute atomic E-state index is 0.316. The van der Waals surface area contributed by atoms with Crippen LogP contribution in [0.3, 0.4) is 0 Å². The number of hydrogen-bond donors (Lipinski definition) is 2. The van der Waals surface area contributed by atoms with Crippen LogP contribution in [0, 0.1) is 6.92 Å². The molecule has 0 spiro atoms. The third-order valence-electron chi connectivity index (χ3n) is 3.70. The van der Waals surface area contributed by atoms with Crippen molar-refractivity contribution in [1.82, 2.24) is 15.6 Å². The molecule has 2 aromatic heterocycles. The maximum atomic E-state index is 5.57. The molecule has 3 heterocycles. The van der Waals surface area contributed by atoms with Crippen molar-refractivity contribution in [2.75, 3.05) is 19.7 Å². The normalized spacial score (nSPS) is 17.3. The van der Waals surface area contributed by atoms with E-state index in [4.69, 9.17) is 17.0 Å². The van der Waals surface area contributed by atoms with Crippen LogP contribution >= 0.6 is 34.9 Å². The quantitative estimate of drug-likeness (QED) is 0.767. The van der Waals surface area contributed by atoms with E-state index in [1.54, 1.807) is 22.7 Å². The predicted octanol–water partition coefficient (Wildman–Crippen LogP) is 3.37. The highest BCUT2D eigenvalue weighted by Crippen LogP contribution is 2.29. The molecule has 124 valence electrons. The fourth-order valence-corrected chi connectivity index (χ4v) is 4.34. The number of thiazole rings is 1. The Morgan fingerprint density at radius 3 is 3.09 bits per heavy atom. The SMILES string of the molecule is Cc1nc(-c2ccc(CCNC(=S)NC[C@H]3CCCO3)s2)cs1. The third-order valence-corrected chi connectivity index (χ3v) is 5.93. The predicted molar refractivity (Wildman–Crippen MR) is 101 cm³/mol. The zero-order chi connectivity index (χ0) is 16.1. The lowest BCUT2D eigenvalue weighted by Gasteiger charge is -2.13. The molecule has 7 heteroatoms. The lowest BCUT2D eigenvalue weighted by molar-refractivity contribution is 0.114. The molecule has 1 atom stereocenters. The zero-order valence-electron chi connectivity index (χ0n) is 13.1. The first kappa shape index (κ1) is 16.8. The number of rotatable bonds is 6. The van der Waals surface area contributed by atoms with Crippen molar-refractivity contribution in [2.45, 2.75) is 32.3 Å². The number of thiocarbonyl (C=S) groups is 1. The van der Waals surface area contributed by atoms with Crippen LogP contribution in [0.5, 0.6) is 0 Å². The Hall–Kier alpha value is -1.02. The fraction of sp³-hybridized carbons (Fsp3) is 0.500. The topological polar surface area (TPSA) is 46.2 Å². The van der Waals surface area contributed by atoms with E-state index >= 15 is 0 Å². The van der Waals surface area contributed by atoms with Crippen molar-refractivity contribution >= 4 is 40.0 Å². The van der Waals surface area contributed by atoms with Gasteiger partial charge < -0.3 is 15.4 Å². The highest BCUT2D eigenvalue weighted by atomic mass is 32.1. The van der Waals surface area contributed by atoms with E-state index in [2.05, 4.69) is 33.1 Å². The average molecular weight is 368 g/mol. The van der Waals surface area contributed by atoms with Gasteiger partial charge in [-0.3, -0.25) is 0 Å². The first-order chi connectivity index (χ1) is 11.2. The van der Waals surface area contributed by atoms with Gasteiger partial charge in [-0.15, -0.1) is 22.7 Å². The van der Waals surface area contributed by atoms with Crippen LogP contribution in [0.25, 0.3) is 10.6 Å². The number of nitrogens with one attached hydrogen (secondary N) is 2. The number of nitrogens with zero attached hydrogens (tertiary/aromatic N) is 1. The minimum atomic E-state index is 0.316. The minimum Gasteiger partial charge on any atom is -0.376 e. The molecule has 0 radical (unpaired) electrons. The third kappa shape index (κ3) is 4.97. The van der Waals surface area contributed by atoms with Gasteiger partial charge in [0.15, 0.2) is 5.11 Å². The second-order valence-corrected chi connectivity index (χ2v) is 8.18. The molecule has 0 bridgehead atoms. The van der Waals surface area contributed by atoms with Crippen LogP contribution in [0.2, 0.25) is 0 Å². The molecule has 1 saturated heterocycles. The lowest BCUT2D eigenvalue weighted by atomic mass is 10.2. The van der Waals surface area contributed by atoms with Gasteiger partial charge in [-0.2, -0.15) is 0 Å². The van der Waals surface area contributed by atoms with Gasteiger partial charge in [0, 0.05) is 30.0 Å². The van der Waals surface area contributed by atoms with Crippen molar-refractivity contribution < 1.29 is 4.74 Å². The van der Waals surface area contributed by atoms with E-state index < -0.39 is 0 Å². The second-order valence-electron chi connectivity index (χ2n) is 5.54. The van der Waals surface area contributed by atoms with Crippen LogP contribution < -0.4 is 10.6 Å². The summed E-state index contributed by atoms with van der Waals surface area (Å²) in [5.41, 5.74) is 1.09. The number of hydrogen-bond acceptors (Lipinski definition) is 5. The largest absolute Gasteiger partial charge is 0.376 e. The van der Waals surface area contributed by atoms with E-state index in [0.717, 1.165) is 49.7 Å². The molecule has 0 saturated carbocycles. The van der Waals surface area contributed by atoms with Crippen molar-refractivity contribution in [1.29, 1.82) is 0 Å². The molecular formula is C16H21N3OS3. The zero-order valence-corrected chi connectivity index (χ0v) is 15.6. The van der Waals surface area contributed by atoms with Gasteiger partial charge in [-0.05, 0) is 50.5 Å². The summed E-state index contributed by atoms with van der Waals surface area (Å²) >= 11 is 8.80. The van der Waals surface area contributed by atoms with Crippen molar-refractivity contribution in [3.8, 4) is 10.6 Å². The summed E-state index contributed by atoms with van der Waals surface area (Å²) in [6.45, 7) is 4.56. The van der Waals surface area contributed by atoms with Gasteiger partial charge in [0.1, 0.15) is 0 Å². The smallest absolute Gasteiger partial charge is 0.166 e. The van der Waals surface area contributed by atoms with E-state index in [9.17, 15) is 0 Å². The molecule has 0 aromatic carbocycles. The molecule has 2 N–H and O–H groups in total. The fourth-order valence-electron chi connectivity index (χ4n) is 2.50. The molecule has 1 aliphatic heterocycles. The molecule has 0 amide bonds. The Morgan fingerprint density at radius 2 is 2.35 bits per heavy atom. The maximum Gasteiger partial charge on any atom is 0.166 e. The molecule has 23 heavy (non-hydrogen) atoms. The van der Waals surface area contributed by atoms with Crippen molar-refractivity contribution in [3.05, 3.63) is 27.4 Å². The van der Waals surface area contributed by atoms with Crippen LogP contribution in [-0.2, 0) is 11.2 Å². The highest BCUT2D eigenvalue weighted by Gasteiger charge is 2.15. The lowest BCUT2D eigenvalue weighted by Crippen LogP contribution is -2.40. The monoisotopic (exact) mass is 367 g/mol. The van der Waals surface area contributed by atoms with E-state index in [1.165, 1.54) is 9.75 Å².